The number of nitrogens with one attached hydrogen (secondary N) is 3. The van der Waals surface area contributed by atoms with Crippen LogP contribution < -0.4 is 16.2 Å². The Morgan fingerprint density at radius 3 is 2.24 bits per heavy atom. The smallest absolute Gasteiger partial charge is 0.250 e. The Hall–Kier alpha value is -2.99. The van der Waals surface area contributed by atoms with Gasteiger partial charge in [-0.05, 0) is 35.8 Å². The Labute approximate surface area is 152 Å². The van der Waals surface area contributed by atoms with Gasteiger partial charge in [-0.1, -0.05) is 60.7 Å². The number of amides is 2. The molecule has 2 aromatic carbocycles. The number of rotatable bonds is 5. The van der Waals surface area contributed by atoms with Crippen LogP contribution in [0.4, 0.5) is 0 Å². The molecule has 2 aromatic rings. The van der Waals surface area contributed by atoms with Crippen LogP contribution in [0.5, 0.6) is 0 Å². The maximum absolute atomic E-state index is 11.8. The van der Waals surface area contributed by atoms with E-state index in [2.05, 4.69) is 16.2 Å². The lowest BCUT2D eigenvalue weighted by Gasteiger charge is -2.09. The summed E-state index contributed by atoms with van der Waals surface area (Å²) >= 11 is 4.97. The van der Waals surface area contributed by atoms with Gasteiger partial charge in [0.25, 0.3) is 0 Å². The van der Waals surface area contributed by atoms with E-state index in [0.717, 1.165) is 11.1 Å². The van der Waals surface area contributed by atoms with Crippen LogP contribution in [0.2, 0.25) is 0 Å². The first-order chi connectivity index (χ1) is 12.1. The lowest BCUT2D eigenvalue weighted by molar-refractivity contribution is -0.121. The van der Waals surface area contributed by atoms with Crippen LogP contribution >= 0.6 is 12.2 Å². The fourth-order valence-corrected chi connectivity index (χ4v) is 2.16. The molecule has 0 aliphatic heterocycles. The van der Waals surface area contributed by atoms with Crippen LogP contribution in [-0.4, -0.2) is 16.9 Å². The number of carbonyl (C=O) groups excluding carboxylic acids is 2. The maximum Gasteiger partial charge on any atom is 0.250 e. The first-order valence-corrected chi connectivity index (χ1v) is 8.21. The van der Waals surface area contributed by atoms with Crippen LogP contribution in [0.15, 0.2) is 66.7 Å². The van der Waals surface area contributed by atoms with Gasteiger partial charge in [-0.2, -0.15) is 0 Å². The molecule has 3 N–H and O–H groups in total. The Balaban J connectivity index is 1.66. The molecule has 0 aliphatic rings. The molecular weight excluding hydrogens is 334 g/mol. The molecule has 0 aromatic heterocycles. The topological polar surface area (TPSA) is 70.2 Å². The normalized spacial score (nSPS) is 10.2. The highest BCUT2D eigenvalue weighted by Gasteiger charge is 2.04. The van der Waals surface area contributed by atoms with Crippen LogP contribution in [0, 0.1) is 0 Å². The SMILES string of the molecule is O=C(C=Cc1ccccc1)NC(=S)NNC(=O)CCc1ccccc1. The van der Waals surface area contributed by atoms with Crippen LogP contribution in [-0.2, 0) is 16.0 Å². The molecule has 2 amide bonds. The summed E-state index contributed by atoms with van der Waals surface area (Å²) in [7, 11) is 0. The van der Waals surface area contributed by atoms with Crippen LogP contribution in [0.25, 0.3) is 6.08 Å². The van der Waals surface area contributed by atoms with Crippen molar-refractivity contribution in [2.45, 2.75) is 12.8 Å². The highest BCUT2D eigenvalue weighted by atomic mass is 32.1. The molecule has 2 rings (SSSR count). The van der Waals surface area contributed by atoms with E-state index >= 15 is 0 Å². The van der Waals surface area contributed by atoms with Gasteiger partial charge in [-0.25, -0.2) is 0 Å². The zero-order chi connectivity index (χ0) is 17.9. The minimum atomic E-state index is -0.375. The zero-order valence-corrected chi connectivity index (χ0v) is 14.4. The molecule has 6 heteroatoms. The van der Waals surface area contributed by atoms with Crippen molar-refractivity contribution < 1.29 is 9.59 Å². The van der Waals surface area contributed by atoms with Gasteiger partial charge in [-0.3, -0.25) is 25.8 Å². The number of aryl methyl sites for hydroxylation is 1. The van der Waals surface area contributed by atoms with Crippen molar-refractivity contribution in [3.05, 3.63) is 77.9 Å². The van der Waals surface area contributed by atoms with Gasteiger partial charge in [0.1, 0.15) is 0 Å². The van der Waals surface area contributed by atoms with Gasteiger partial charge < -0.3 is 0 Å². The molecule has 0 spiro atoms. The summed E-state index contributed by atoms with van der Waals surface area (Å²) in [6.07, 6.45) is 4.01. The minimum Gasteiger partial charge on any atom is -0.298 e. The van der Waals surface area contributed by atoms with Gasteiger partial charge in [0.05, 0.1) is 0 Å². The third-order valence-electron chi connectivity index (χ3n) is 3.26. The van der Waals surface area contributed by atoms with Crippen molar-refractivity contribution in [2.75, 3.05) is 0 Å². The number of hydrogen-bond donors (Lipinski definition) is 3. The first-order valence-electron chi connectivity index (χ1n) is 7.80. The van der Waals surface area contributed by atoms with Gasteiger partial charge in [0, 0.05) is 12.5 Å². The average molecular weight is 353 g/mol. The predicted octanol–water partition coefficient (Wildman–Crippen LogP) is 2.35. The third-order valence-corrected chi connectivity index (χ3v) is 3.47. The molecule has 0 fully saturated rings. The lowest BCUT2D eigenvalue weighted by Crippen LogP contribution is -2.48. The standard InChI is InChI=1S/C19H19N3O2S/c23-17(13-11-15-7-3-1-4-8-15)20-19(25)22-21-18(24)14-12-16-9-5-2-6-10-16/h1-11,13H,12,14H2,(H,21,24)(H2,20,22,23,25). The number of hydrazine groups is 1. The molecule has 0 saturated carbocycles. The summed E-state index contributed by atoms with van der Waals surface area (Å²) < 4.78 is 0. The number of carbonyl (C=O) groups is 2. The zero-order valence-electron chi connectivity index (χ0n) is 13.6. The second-order valence-corrected chi connectivity index (χ2v) is 5.63. The van der Waals surface area contributed by atoms with Crippen molar-refractivity contribution in [1.29, 1.82) is 0 Å². The predicted molar refractivity (Wildman–Crippen MR) is 102 cm³/mol. The van der Waals surface area contributed by atoms with Crippen molar-refractivity contribution >= 4 is 35.2 Å². The molecular formula is C19H19N3O2S. The lowest BCUT2D eigenvalue weighted by atomic mass is 10.1. The number of benzene rings is 2. The fourth-order valence-electron chi connectivity index (χ4n) is 2.01. The van der Waals surface area contributed by atoms with E-state index in [-0.39, 0.29) is 16.9 Å². The molecule has 0 heterocycles. The molecule has 0 aliphatic carbocycles. The van der Waals surface area contributed by atoms with E-state index in [1.165, 1.54) is 6.08 Å². The van der Waals surface area contributed by atoms with E-state index in [1.54, 1.807) is 6.08 Å². The van der Waals surface area contributed by atoms with Crippen LogP contribution in [0.3, 0.4) is 0 Å². The molecule has 0 radical (unpaired) electrons. The maximum atomic E-state index is 11.8. The number of thiocarbonyl (C=S) groups is 1. The summed E-state index contributed by atoms with van der Waals surface area (Å²) in [5.41, 5.74) is 6.97. The molecule has 5 nitrogen and oxygen atoms in total. The molecule has 25 heavy (non-hydrogen) atoms. The Morgan fingerprint density at radius 2 is 1.56 bits per heavy atom. The second kappa shape index (κ2) is 10.00. The van der Waals surface area contributed by atoms with Gasteiger partial charge in [0.2, 0.25) is 11.8 Å². The summed E-state index contributed by atoms with van der Waals surface area (Å²) in [6.45, 7) is 0. The van der Waals surface area contributed by atoms with Crippen molar-refractivity contribution in [3.63, 3.8) is 0 Å². The average Bonchev–Trinajstić information content (AvgIpc) is 2.65. The van der Waals surface area contributed by atoms with E-state index in [1.807, 2.05) is 60.7 Å². The van der Waals surface area contributed by atoms with Crippen molar-refractivity contribution in [3.8, 4) is 0 Å². The van der Waals surface area contributed by atoms with Crippen molar-refractivity contribution in [2.24, 2.45) is 0 Å². The molecule has 128 valence electrons. The largest absolute Gasteiger partial charge is 0.298 e. The molecule has 0 atom stereocenters. The molecule has 0 saturated heterocycles. The van der Waals surface area contributed by atoms with Gasteiger partial charge in [-0.15, -0.1) is 0 Å². The summed E-state index contributed by atoms with van der Waals surface area (Å²) in [6, 6.07) is 19.1. The number of hydrogen-bond acceptors (Lipinski definition) is 3. The third kappa shape index (κ3) is 7.41. The van der Waals surface area contributed by atoms with Gasteiger partial charge >= 0.3 is 0 Å². The quantitative estimate of drug-likeness (QED) is 0.438. The molecule has 0 unspecified atom stereocenters. The van der Waals surface area contributed by atoms with Crippen molar-refractivity contribution in [1.82, 2.24) is 16.2 Å². The summed E-state index contributed by atoms with van der Waals surface area (Å²) in [4.78, 5) is 23.5. The minimum absolute atomic E-state index is 0.0378. The van der Waals surface area contributed by atoms with E-state index < -0.39 is 0 Å². The molecule has 0 bridgehead atoms. The summed E-state index contributed by atoms with van der Waals surface area (Å²) in [5, 5.41) is 2.50. The fraction of sp³-hybridized carbons (Fsp3) is 0.105. The first kappa shape index (κ1) is 18.4. The van der Waals surface area contributed by atoms with Gasteiger partial charge in [0.15, 0.2) is 5.11 Å². The Bertz CT molecular complexity index is 746. The Kier molecular flexibility index (Phi) is 7.34. The van der Waals surface area contributed by atoms with E-state index in [0.29, 0.717) is 12.8 Å². The van der Waals surface area contributed by atoms with E-state index in [9.17, 15) is 9.59 Å². The monoisotopic (exact) mass is 353 g/mol. The second-order valence-electron chi connectivity index (χ2n) is 5.22. The van der Waals surface area contributed by atoms with Crippen LogP contribution in [0.1, 0.15) is 17.5 Å². The highest BCUT2D eigenvalue weighted by Crippen LogP contribution is 2.02. The summed E-state index contributed by atoms with van der Waals surface area (Å²) in [5.74, 6) is -0.583. The highest BCUT2D eigenvalue weighted by molar-refractivity contribution is 7.80. The Morgan fingerprint density at radius 1 is 0.920 bits per heavy atom. The van der Waals surface area contributed by atoms with E-state index in [4.69, 9.17) is 12.2 Å².